The van der Waals surface area contributed by atoms with E-state index in [0.717, 1.165) is 42.0 Å². The second-order valence-corrected chi connectivity index (χ2v) is 6.18. The Balaban J connectivity index is 2.63. The summed E-state index contributed by atoms with van der Waals surface area (Å²) in [5.41, 5.74) is 1.13. The topological polar surface area (TPSA) is 29.1 Å². The fourth-order valence-corrected chi connectivity index (χ4v) is 3.51. The van der Waals surface area contributed by atoms with Gasteiger partial charge in [-0.15, -0.1) is 0 Å². The summed E-state index contributed by atoms with van der Waals surface area (Å²) in [4.78, 5) is 0.983. The normalized spacial score (nSPS) is 14.4. The van der Waals surface area contributed by atoms with Crippen LogP contribution in [-0.4, -0.2) is 22.5 Å². The quantitative estimate of drug-likeness (QED) is 0.783. The van der Waals surface area contributed by atoms with E-state index in [-0.39, 0.29) is 0 Å². The summed E-state index contributed by atoms with van der Waals surface area (Å²) < 4.78 is 12.4. The minimum Gasteiger partial charge on any atom is -0.313 e. The SMILES string of the molecule is CCCNC(CCC)CS(=O)c1ccccc1C. The van der Waals surface area contributed by atoms with Gasteiger partial charge in [-0.2, -0.15) is 0 Å². The third kappa shape index (κ3) is 4.91. The van der Waals surface area contributed by atoms with Crippen molar-refractivity contribution in [2.24, 2.45) is 0 Å². The Labute approximate surface area is 114 Å². The smallest absolute Gasteiger partial charge is 0.0547 e. The zero-order valence-electron chi connectivity index (χ0n) is 11.7. The number of hydrogen-bond donors (Lipinski definition) is 1. The first-order valence-corrected chi connectivity index (χ1v) is 8.18. The molecule has 0 amide bonds. The average Bonchev–Trinajstić information content (AvgIpc) is 2.36. The van der Waals surface area contributed by atoms with Gasteiger partial charge in [-0.1, -0.05) is 38.5 Å². The molecule has 0 fully saturated rings. The lowest BCUT2D eigenvalue weighted by Crippen LogP contribution is -2.34. The monoisotopic (exact) mass is 267 g/mol. The van der Waals surface area contributed by atoms with E-state index >= 15 is 0 Å². The number of benzene rings is 1. The molecule has 1 aromatic rings. The summed E-state index contributed by atoms with van der Waals surface area (Å²) >= 11 is 0. The first kappa shape index (κ1) is 15.4. The molecular weight excluding hydrogens is 242 g/mol. The molecule has 1 aromatic carbocycles. The van der Waals surface area contributed by atoms with E-state index < -0.39 is 10.8 Å². The summed E-state index contributed by atoms with van der Waals surface area (Å²) in [5.74, 6) is 0.721. The van der Waals surface area contributed by atoms with Crippen molar-refractivity contribution >= 4 is 10.8 Å². The molecular formula is C15H25NOS. The summed E-state index contributed by atoms with van der Waals surface area (Å²) in [7, 11) is -0.893. The minimum atomic E-state index is -0.893. The minimum absolute atomic E-state index is 0.371. The zero-order valence-corrected chi connectivity index (χ0v) is 12.6. The Kier molecular flexibility index (Phi) is 7.21. The molecule has 0 aliphatic rings. The Bertz CT molecular complexity index is 379. The van der Waals surface area contributed by atoms with Crippen molar-refractivity contribution in [2.75, 3.05) is 12.3 Å². The van der Waals surface area contributed by atoms with Gasteiger partial charge in [-0.25, -0.2) is 0 Å². The maximum absolute atomic E-state index is 12.4. The second-order valence-electron chi connectivity index (χ2n) is 4.72. The van der Waals surface area contributed by atoms with E-state index in [9.17, 15) is 4.21 Å². The molecule has 0 heterocycles. The number of nitrogens with one attached hydrogen (secondary N) is 1. The van der Waals surface area contributed by atoms with Crippen LogP contribution in [0.1, 0.15) is 38.7 Å². The van der Waals surface area contributed by atoms with Gasteiger partial charge in [0.1, 0.15) is 0 Å². The van der Waals surface area contributed by atoms with Crippen molar-refractivity contribution in [3.8, 4) is 0 Å². The van der Waals surface area contributed by atoms with E-state index in [1.165, 1.54) is 0 Å². The van der Waals surface area contributed by atoms with Gasteiger partial charge in [0.2, 0.25) is 0 Å². The maximum Gasteiger partial charge on any atom is 0.0547 e. The van der Waals surface area contributed by atoms with Crippen LogP contribution in [-0.2, 0) is 10.8 Å². The maximum atomic E-state index is 12.4. The lowest BCUT2D eigenvalue weighted by Gasteiger charge is -2.17. The standard InChI is InChI=1S/C15H25NOS/c1-4-8-14(16-11-5-2)12-18(17)15-10-7-6-9-13(15)3/h6-7,9-10,14,16H,4-5,8,11-12H2,1-3H3. The molecule has 0 aliphatic carbocycles. The molecule has 0 radical (unpaired) electrons. The third-order valence-corrected chi connectivity index (χ3v) is 4.67. The van der Waals surface area contributed by atoms with E-state index in [1.807, 2.05) is 31.2 Å². The van der Waals surface area contributed by atoms with Gasteiger partial charge in [0.15, 0.2) is 0 Å². The van der Waals surface area contributed by atoms with Crippen LogP contribution < -0.4 is 5.32 Å². The van der Waals surface area contributed by atoms with Crippen LogP contribution in [0.4, 0.5) is 0 Å². The summed E-state index contributed by atoms with van der Waals surface area (Å²) in [6.45, 7) is 7.38. The summed E-state index contributed by atoms with van der Waals surface area (Å²) in [6, 6.07) is 8.34. The van der Waals surface area contributed by atoms with Crippen LogP contribution in [0.2, 0.25) is 0 Å². The average molecular weight is 267 g/mol. The second kappa shape index (κ2) is 8.44. The van der Waals surface area contributed by atoms with Gasteiger partial charge >= 0.3 is 0 Å². The predicted octanol–water partition coefficient (Wildman–Crippen LogP) is 3.27. The molecule has 0 spiro atoms. The molecule has 0 saturated carbocycles. The number of rotatable bonds is 8. The molecule has 1 rings (SSSR count). The molecule has 2 nitrogen and oxygen atoms in total. The van der Waals surface area contributed by atoms with Gasteiger partial charge in [-0.05, 0) is 37.9 Å². The highest BCUT2D eigenvalue weighted by molar-refractivity contribution is 7.85. The van der Waals surface area contributed by atoms with Crippen LogP contribution in [0.3, 0.4) is 0 Å². The van der Waals surface area contributed by atoms with Crippen molar-refractivity contribution < 1.29 is 4.21 Å². The van der Waals surface area contributed by atoms with Crippen LogP contribution in [0.25, 0.3) is 0 Å². The fraction of sp³-hybridized carbons (Fsp3) is 0.600. The lowest BCUT2D eigenvalue weighted by molar-refractivity contribution is 0.510. The van der Waals surface area contributed by atoms with Gasteiger partial charge in [0.05, 0.1) is 10.8 Å². The molecule has 0 aliphatic heterocycles. The Hall–Kier alpha value is -0.670. The van der Waals surface area contributed by atoms with Gasteiger partial charge in [0.25, 0.3) is 0 Å². The first-order chi connectivity index (χ1) is 8.69. The van der Waals surface area contributed by atoms with Gasteiger partial charge in [-0.3, -0.25) is 4.21 Å². The van der Waals surface area contributed by atoms with E-state index in [0.29, 0.717) is 6.04 Å². The van der Waals surface area contributed by atoms with Crippen molar-refractivity contribution in [1.29, 1.82) is 0 Å². The van der Waals surface area contributed by atoms with Crippen LogP contribution in [0.5, 0.6) is 0 Å². The highest BCUT2D eigenvalue weighted by Gasteiger charge is 2.13. The van der Waals surface area contributed by atoms with Crippen LogP contribution >= 0.6 is 0 Å². The third-order valence-electron chi connectivity index (χ3n) is 3.01. The number of aryl methyl sites for hydroxylation is 1. The van der Waals surface area contributed by atoms with E-state index in [2.05, 4.69) is 19.2 Å². The molecule has 2 unspecified atom stereocenters. The molecule has 0 aromatic heterocycles. The molecule has 2 atom stereocenters. The predicted molar refractivity (Wildman–Crippen MR) is 79.4 cm³/mol. The van der Waals surface area contributed by atoms with Crippen LogP contribution in [0, 0.1) is 6.92 Å². The van der Waals surface area contributed by atoms with E-state index in [1.54, 1.807) is 0 Å². The molecule has 102 valence electrons. The van der Waals surface area contributed by atoms with Gasteiger partial charge < -0.3 is 5.32 Å². The van der Waals surface area contributed by atoms with E-state index in [4.69, 9.17) is 0 Å². The highest BCUT2D eigenvalue weighted by atomic mass is 32.2. The lowest BCUT2D eigenvalue weighted by atomic mass is 10.2. The molecule has 1 N–H and O–H groups in total. The van der Waals surface area contributed by atoms with Gasteiger partial charge in [0, 0.05) is 16.7 Å². The molecule has 3 heteroatoms. The molecule has 0 saturated heterocycles. The first-order valence-electron chi connectivity index (χ1n) is 6.86. The highest BCUT2D eigenvalue weighted by Crippen LogP contribution is 2.14. The Morgan fingerprint density at radius 1 is 1.22 bits per heavy atom. The van der Waals surface area contributed by atoms with Crippen molar-refractivity contribution in [2.45, 2.75) is 51.0 Å². The summed E-state index contributed by atoms with van der Waals surface area (Å²) in [6.07, 6.45) is 3.35. The van der Waals surface area contributed by atoms with Crippen molar-refractivity contribution in [3.63, 3.8) is 0 Å². The largest absolute Gasteiger partial charge is 0.313 e. The zero-order chi connectivity index (χ0) is 13.4. The summed E-state index contributed by atoms with van der Waals surface area (Å²) in [5, 5.41) is 3.50. The van der Waals surface area contributed by atoms with Crippen molar-refractivity contribution in [1.82, 2.24) is 5.32 Å². The van der Waals surface area contributed by atoms with Crippen LogP contribution in [0.15, 0.2) is 29.2 Å². The molecule has 18 heavy (non-hydrogen) atoms. The number of hydrogen-bond acceptors (Lipinski definition) is 2. The fourth-order valence-electron chi connectivity index (χ4n) is 2.03. The molecule has 0 bridgehead atoms. The Morgan fingerprint density at radius 3 is 2.56 bits per heavy atom. The van der Waals surface area contributed by atoms with Crippen molar-refractivity contribution in [3.05, 3.63) is 29.8 Å². The Morgan fingerprint density at radius 2 is 1.94 bits per heavy atom.